The summed E-state index contributed by atoms with van der Waals surface area (Å²) in [5.41, 5.74) is 1.67. The highest BCUT2D eigenvalue weighted by molar-refractivity contribution is 5.89. The standard InChI is InChI=1S/C19H18N4O3/c1-2-26-16-8-6-14(7-9-16)22-19-20-11-10-17(23-19)21-15-5-3-4-13(12-15)18(24)25/h3-12H,2H2,1H3,(H,24,25)(H2,20,21,22,23). The Balaban J connectivity index is 1.71. The maximum Gasteiger partial charge on any atom is 0.335 e. The van der Waals surface area contributed by atoms with Crippen molar-refractivity contribution in [1.29, 1.82) is 0 Å². The Bertz CT molecular complexity index is 897. The number of carboxylic acids is 1. The van der Waals surface area contributed by atoms with Gasteiger partial charge in [-0.1, -0.05) is 6.07 Å². The van der Waals surface area contributed by atoms with E-state index in [4.69, 9.17) is 9.84 Å². The zero-order valence-corrected chi connectivity index (χ0v) is 14.1. The molecule has 3 rings (SSSR count). The van der Waals surface area contributed by atoms with Gasteiger partial charge in [0.25, 0.3) is 0 Å². The molecule has 0 aliphatic rings. The molecule has 2 aromatic carbocycles. The Kier molecular flexibility index (Phi) is 5.28. The van der Waals surface area contributed by atoms with E-state index in [1.54, 1.807) is 30.5 Å². The second kappa shape index (κ2) is 7.98. The summed E-state index contributed by atoms with van der Waals surface area (Å²) in [6.07, 6.45) is 1.62. The first kappa shape index (κ1) is 17.2. The second-order valence-electron chi connectivity index (χ2n) is 5.36. The monoisotopic (exact) mass is 350 g/mol. The minimum absolute atomic E-state index is 0.205. The van der Waals surface area contributed by atoms with Gasteiger partial charge in [-0.3, -0.25) is 0 Å². The van der Waals surface area contributed by atoms with E-state index in [-0.39, 0.29) is 5.56 Å². The molecule has 7 nitrogen and oxygen atoms in total. The fraction of sp³-hybridized carbons (Fsp3) is 0.105. The summed E-state index contributed by atoms with van der Waals surface area (Å²) in [4.78, 5) is 19.6. The third-order valence-electron chi connectivity index (χ3n) is 3.46. The van der Waals surface area contributed by atoms with Gasteiger partial charge in [-0.25, -0.2) is 9.78 Å². The van der Waals surface area contributed by atoms with Crippen molar-refractivity contribution >= 4 is 29.1 Å². The van der Waals surface area contributed by atoms with Crippen LogP contribution in [0.15, 0.2) is 60.8 Å². The van der Waals surface area contributed by atoms with Crippen molar-refractivity contribution in [2.45, 2.75) is 6.92 Å². The topological polar surface area (TPSA) is 96.4 Å². The number of ether oxygens (including phenoxy) is 1. The summed E-state index contributed by atoms with van der Waals surface area (Å²) in [6.45, 7) is 2.55. The highest BCUT2D eigenvalue weighted by Crippen LogP contribution is 2.20. The summed E-state index contributed by atoms with van der Waals surface area (Å²) < 4.78 is 5.41. The van der Waals surface area contributed by atoms with Gasteiger partial charge in [0.05, 0.1) is 12.2 Å². The Morgan fingerprint density at radius 1 is 1.08 bits per heavy atom. The lowest BCUT2D eigenvalue weighted by Crippen LogP contribution is -2.01. The highest BCUT2D eigenvalue weighted by atomic mass is 16.5. The number of nitrogens with one attached hydrogen (secondary N) is 2. The molecule has 0 spiro atoms. The minimum atomic E-state index is -0.978. The quantitative estimate of drug-likeness (QED) is 0.591. The predicted molar refractivity (Wildman–Crippen MR) is 99.6 cm³/mol. The molecule has 3 N–H and O–H groups in total. The molecule has 26 heavy (non-hydrogen) atoms. The van der Waals surface area contributed by atoms with E-state index >= 15 is 0 Å². The summed E-state index contributed by atoms with van der Waals surface area (Å²) >= 11 is 0. The largest absolute Gasteiger partial charge is 0.494 e. The Hall–Kier alpha value is -3.61. The molecule has 0 unspecified atom stereocenters. The average molecular weight is 350 g/mol. The van der Waals surface area contributed by atoms with Gasteiger partial charge in [-0.05, 0) is 55.5 Å². The molecule has 0 saturated heterocycles. The number of nitrogens with zero attached hydrogens (tertiary/aromatic N) is 2. The number of benzene rings is 2. The number of hydrogen-bond donors (Lipinski definition) is 3. The van der Waals surface area contributed by atoms with Crippen LogP contribution in [-0.2, 0) is 0 Å². The smallest absolute Gasteiger partial charge is 0.335 e. The first-order valence-corrected chi connectivity index (χ1v) is 8.07. The van der Waals surface area contributed by atoms with Crippen LogP contribution in [-0.4, -0.2) is 27.7 Å². The first-order valence-electron chi connectivity index (χ1n) is 8.07. The van der Waals surface area contributed by atoms with Gasteiger partial charge in [0.1, 0.15) is 11.6 Å². The maximum absolute atomic E-state index is 11.1. The number of aromatic nitrogens is 2. The highest BCUT2D eigenvalue weighted by Gasteiger charge is 2.05. The Morgan fingerprint density at radius 3 is 2.62 bits per heavy atom. The average Bonchev–Trinajstić information content (AvgIpc) is 2.64. The van der Waals surface area contributed by atoms with Crippen LogP contribution in [0.5, 0.6) is 5.75 Å². The van der Waals surface area contributed by atoms with Gasteiger partial charge in [0.15, 0.2) is 0 Å². The van der Waals surface area contributed by atoms with Gasteiger partial charge in [0.2, 0.25) is 5.95 Å². The summed E-state index contributed by atoms with van der Waals surface area (Å²) in [6, 6.07) is 15.7. The van der Waals surface area contributed by atoms with Gasteiger partial charge >= 0.3 is 5.97 Å². The van der Waals surface area contributed by atoms with Gasteiger partial charge in [-0.15, -0.1) is 0 Å². The molecule has 0 radical (unpaired) electrons. The number of anilines is 4. The molecule has 0 saturated carbocycles. The normalized spacial score (nSPS) is 10.2. The number of aromatic carboxylic acids is 1. The molecule has 0 atom stereocenters. The fourth-order valence-corrected chi connectivity index (χ4v) is 2.30. The van der Waals surface area contributed by atoms with E-state index in [0.717, 1.165) is 11.4 Å². The van der Waals surface area contributed by atoms with E-state index in [1.807, 2.05) is 31.2 Å². The van der Waals surface area contributed by atoms with Crippen molar-refractivity contribution in [3.63, 3.8) is 0 Å². The lowest BCUT2D eigenvalue weighted by atomic mass is 10.2. The zero-order chi connectivity index (χ0) is 18.4. The van der Waals surface area contributed by atoms with Crippen LogP contribution in [0, 0.1) is 0 Å². The molecule has 7 heteroatoms. The zero-order valence-electron chi connectivity index (χ0n) is 14.1. The first-order chi connectivity index (χ1) is 12.6. The second-order valence-corrected chi connectivity index (χ2v) is 5.36. The van der Waals surface area contributed by atoms with Crippen LogP contribution in [0.25, 0.3) is 0 Å². The van der Waals surface area contributed by atoms with E-state index in [0.29, 0.717) is 24.1 Å². The van der Waals surface area contributed by atoms with Crippen molar-refractivity contribution < 1.29 is 14.6 Å². The molecule has 0 aliphatic carbocycles. The van der Waals surface area contributed by atoms with Gasteiger partial charge in [-0.2, -0.15) is 4.98 Å². The lowest BCUT2D eigenvalue weighted by Gasteiger charge is -2.09. The SMILES string of the molecule is CCOc1ccc(Nc2nccc(Nc3cccc(C(=O)O)c3)n2)cc1. The molecule has 1 heterocycles. The molecule has 0 aliphatic heterocycles. The van der Waals surface area contributed by atoms with Crippen LogP contribution in [0.4, 0.5) is 23.1 Å². The Morgan fingerprint density at radius 2 is 1.88 bits per heavy atom. The summed E-state index contributed by atoms with van der Waals surface area (Å²) in [5, 5.41) is 15.3. The number of hydrogen-bond acceptors (Lipinski definition) is 6. The fourth-order valence-electron chi connectivity index (χ4n) is 2.30. The summed E-state index contributed by atoms with van der Waals surface area (Å²) in [7, 11) is 0. The molecule has 132 valence electrons. The summed E-state index contributed by atoms with van der Waals surface area (Å²) in [5.74, 6) is 0.798. The molecular formula is C19H18N4O3. The third-order valence-corrected chi connectivity index (χ3v) is 3.46. The molecule has 0 amide bonds. The van der Waals surface area contributed by atoms with Crippen molar-refractivity contribution in [1.82, 2.24) is 9.97 Å². The minimum Gasteiger partial charge on any atom is -0.494 e. The third kappa shape index (κ3) is 4.47. The number of rotatable bonds is 7. The van der Waals surface area contributed by atoms with Gasteiger partial charge in [0, 0.05) is 17.6 Å². The molecular weight excluding hydrogens is 332 g/mol. The lowest BCUT2D eigenvalue weighted by molar-refractivity contribution is 0.0697. The van der Waals surface area contributed by atoms with E-state index in [9.17, 15) is 4.79 Å². The number of carbonyl (C=O) groups is 1. The maximum atomic E-state index is 11.1. The molecule has 0 bridgehead atoms. The predicted octanol–water partition coefficient (Wildman–Crippen LogP) is 4.06. The van der Waals surface area contributed by atoms with Crippen LogP contribution < -0.4 is 15.4 Å². The van der Waals surface area contributed by atoms with E-state index in [1.165, 1.54) is 6.07 Å². The molecule has 3 aromatic rings. The van der Waals surface area contributed by atoms with Crippen molar-refractivity contribution in [2.24, 2.45) is 0 Å². The van der Waals surface area contributed by atoms with E-state index in [2.05, 4.69) is 20.6 Å². The van der Waals surface area contributed by atoms with Crippen LogP contribution in [0.2, 0.25) is 0 Å². The van der Waals surface area contributed by atoms with Crippen molar-refractivity contribution in [3.05, 3.63) is 66.4 Å². The Labute approximate surface area is 150 Å². The van der Waals surface area contributed by atoms with Crippen LogP contribution in [0.3, 0.4) is 0 Å². The van der Waals surface area contributed by atoms with E-state index < -0.39 is 5.97 Å². The van der Waals surface area contributed by atoms with Gasteiger partial charge < -0.3 is 20.5 Å². The molecule has 1 aromatic heterocycles. The van der Waals surface area contributed by atoms with Crippen molar-refractivity contribution in [3.8, 4) is 5.75 Å². The molecule has 0 fully saturated rings. The van der Waals surface area contributed by atoms with Crippen LogP contribution in [0.1, 0.15) is 17.3 Å². The number of carboxylic acid groups (broad SMARTS) is 1. The van der Waals surface area contributed by atoms with Crippen molar-refractivity contribution in [2.75, 3.05) is 17.2 Å². The van der Waals surface area contributed by atoms with Crippen LogP contribution >= 0.6 is 0 Å².